The first-order chi connectivity index (χ1) is 6.25. The van der Waals surface area contributed by atoms with Crippen molar-refractivity contribution in [1.82, 2.24) is 9.78 Å². The smallest absolute Gasteiger partial charge is 0.0748 e. The number of hydrogen-bond donors (Lipinski definition) is 1. The van der Waals surface area contributed by atoms with Gasteiger partial charge in [0.2, 0.25) is 0 Å². The highest BCUT2D eigenvalue weighted by atomic mass is 16.5. The SMILES string of the molecule is CC1OCCC1Nc1cnn(C)c1. The second kappa shape index (κ2) is 3.38. The third kappa shape index (κ3) is 1.83. The Bertz CT molecular complexity index is 284. The van der Waals surface area contributed by atoms with Gasteiger partial charge in [-0.15, -0.1) is 0 Å². The fourth-order valence-corrected chi connectivity index (χ4v) is 1.63. The second-order valence-electron chi connectivity index (χ2n) is 3.52. The number of aryl methyl sites for hydroxylation is 1. The van der Waals surface area contributed by atoms with Crippen molar-refractivity contribution < 1.29 is 4.74 Å². The molecule has 0 amide bonds. The number of hydrogen-bond acceptors (Lipinski definition) is 3. The van der Waals surface area contributed by atoms with E-state index < -0.39 is 0 Å². The minimum Gasteiger partial charge on any atom is -0.377 e. The van der Waals surface area contributed by atoms with E-state index >= 15 is 0 Å². The topological polar surface area (TPSA) is 39.1 Å². The van der Waals surface area contributed by atoms with Crippen LogP contribution in [0, 0.1) is 0 Å². The molecule has 1 saturated heterocycles. The van der Waals surface area contributed by atoms with Crippen LogP contribution in [0.3, 0.4) is 0 Å². The van der Waals surface area contributed by atoms with Crippen molar-refractivity contribution in [2.45, 2.75) is 25.5 Å². The summed E-state index contributed by atoms with van der Waals surface area (Å²) in [6, 6.07) is 0.434. The third-order valence-corrected chi connectivity index (χ3v) is 2.43. The minimum absolute atomic E-state index is 0.306. The van der Waals surface area contributed by atoms with Crippen molar-refractivity contribution in [2.75, 3.05) is 11.9 Å². The van der Waals surface area contributed by atoms with E-state index in [0.717, 1.165) is 18.7 Å². The summed E-state index contributed by atoms with van der Waals surface area (Å²) in [5.41, 5.74) is 1.07. The first kappa shape index (κ1) is 8.56. The Hall–Kier alpha value is -1.03. The highest BCUT2D eigenvalue weighted by Gasteiger charge is 2.23. The highest BCUT2D eigenvalue weighted by Crippen LogP contribution is 2.17. The molecule has 13 heavy (non-hydrogen) atoms. The van der Waals surface area contributed by atoms with E-state index in [4.69, 9.17) is 4.74 Å². The number of nitrogens with one attached hydrogen (secondary N) is 1. The fraction of sp³-hybridized carbons (Fsp3) is 0.667. The lowest BCUT2D eigenvalue weighted by atomic mass is 10.1. The van der Waals surface area contributed by atoms with Gasteiger partial charge in [0, 0.05) is 19.9 Å². The summed E-state index contributed by atoms with van der Waals surface area (Å²) in [5, 5.41) is 7.50. The van der Waals surface area contributed by atoms with Crippen molar-refractivity contribution in [3.63, 3.8) is 0 Å². The molecule has 1 fully saturated rings. The zero-order valence-electron chi connectivity index (χ0n) is 8.03. The Labute approximate surface area is 77.9 Å². The molecular weight excluding hydrogens is 166 g/mol. The third-order valence-electron chi connectivity index (χ3n) is 2.43. The van der Waals surface area contributed by atoms with Crippen LogP contribution in [0.1, 0.15) is 13.3 Å². The Morgan fingerprint density at radius 2 is 2.54 bits per heavy atom. The average Bonchev–Trinajstić information content (AvgIpc) is 2.64. The van der Waals surface area contributed by atoms with Crippen LogP contribution in [0.5, 0.6) is 0 Å². The van der Waals surface area contributed by atoms with Crippen molar-refractivity contribution in [1.29, 1.82) is 0 Å². The second-order valence-corrected chi connectivity index (χ2v) is 3.52. The summed E-state index contributed by atoms with van der Waals surface area (Å²) in [5.74, 6) is 0. The fourth-order valence-electron chi connectivity index (χ4n) is 1.63. The Morgan fingerprint density at radius 1 is 1.69 bits per heavy atom. The summed E-state index contributed by atoms with van der Waals surface area (Å²) < 4.78 is 7.25. The number of ether oxygens (including phenoxy) is 1. The Kier molecular flexibility index (Phi) is 2.22. The van der Waals surface area contributed by atoms with E-state index in [1.807, 2.05) is 19.4 Å². The van der Waals surface area contributed by atoms with Crippen LogP contribution < -0.4 is 5.32 Å². The molecule has 0 spiro atoms. The molecule has 4 heteroatoms. The van der Waals surface area contributed by atoms with E-state index in [2.05, 4.69) is 17.3 Å². The van der Waals surface area contributed by atoms with Gasteiger partial charge in [0.1, 0.15) is 0 Å². The zero-order valence-corrected chi connectivity index (χ0v) is 8.03. The molecule has 1 aromatic heterocycles. The van der Waals surface area contributed by atoms with E-state index in [-0.39, 0.29) is 0 Å². The normalized spacial score (nSPS) is 27.8. The molecule has 1 aliphatic rings. The highest BCUT2D eigenvalue weighted by molar-refractivity contribution is 5.39. The number of anilines is 1. The predicted molar refractivity (Wildman–Crippen MR) is 50.6 cm³/mol. The zero-order chi connectivity index (χ0) is 9.26. The first-order valence-corrected chi connectivity index (χ1v) is 4.62. The summed E-state index contributed by atoms with van der Waals surface area (Å²) in [6.45, 7) is 2.96. The van der Waals surface area contributed by atoms with Gasteiger partial charge < -0.3 is 10.1 Å². The van der Waals surface area contributed by atoms with Crippen LogP contribution in [0.4, 0.5) is 5.69 Å². The van der Waals surface area contributed by atoms with E-state index in [0.29, 0.717) is 12.1 Å². The molecule has 0 saturated carbocycles. The van der Waals surface area contributed by atoms with Gasteiger partial charge in [-0.25, -0.2) is 0 Å². The predicted octanol–water partition coefficient (Wildman–Crippen LogP) is 1.01. The first-order valence-electron chi connectivity index (χ1n) is 4.62. The van der Waals surface area contributed by atoms with Gasteiger partial charge in [-0.3, -0.25) is 4.68 Å². The lowest BCUT2D eigenvalue weighted by Crippen LogP contribution is -2.26. The molecule has 2 rings (SSSR count). The maximum atomic E-state index is 5.45. The lowest BCUT2D eigenvalue weighted by Gasteiger charge is -2.15. The van der Waals surface area contributed by atoms with Gasteiger partial charge in [-0.05, 0) is 13.3 Å². The monoisotopic (exact) mass is 181 g/mol. The Morgan fingerprint density at radius 3 is 3.08 bits per heavy atom. The molecular formula is C9H15N3O. The van der Waals surface area contributed by atoms with Crippen LogP contribution in [0.25, 0.3) is 0 Å². The molecule has 2 atom stereocenters. The number of nitrogens with zero attached hydrogens (tertiary/aromatic N) is 2. The van der Waals surface area contributed by atoms with Crippen molar-refractivity contribution >= 4 is 5.69 Å². The minimum atomic E-state index is 0.306. The molecule has 2 unspecified atom stereocenters. The van der Waals surface area contributed by atoms with Crippen molar-refractivity contribution in [3.05, 3.63) is 12.4 Å². The summed E-state index contributed by atoms with van der Waals surface area (Å²) in [7, 11) is 1.92. The molecule has 4 nitrogen and oxygen atoms in total. The molecule has 0 aromatic carbocycles. The van der Waals surface area contributed by atoms with Gasteiger partial charge in [0.15, 0.2) is 0 Å². The van der Waals surface area contributed by atoms with E-state index in [1.165, 1.54) is 0 Å². The van der Waals surface area contributed by atoms with Gasteiger partial charge in [-0.2, -0.15) is 5.10 Å². The molecule has 1 N–H and O–H groups in total. The van der Waals surface area contributed by atoms with Gasteiger partial charge in [0.05, 0.1) is 24.0 Å². The van der Waals surface area contributed by atoms with Gasteiger partial charge >= 0.3 is 0 Å². The summed E-state index contributed by atoms with van der Waals surface area (Å²) in [6.07, 6.45) is 5.20. The quantitative estimate of drug-likeness (QED) is 0.740. The van der Waals surface area contributed by atoms with Gasteiger partial charge in [0.25, 0.3) is 0 Å². The van der Waals surface area contributed by atoms with E-state index in [9.17, 15) is 0 Å². The molecule has 2 heterocycles. The Balaban J connectivity index is 1.97. The largest absolute Gasteiger partial charge is 0.377 e. The van der Waals surface area contributed by atoms with Crippen molar-refractivity contribution in [2.24, 2.45) is 7.05 Å². The summed E-state index contributed by atoms with van der Waals surface area (Å²) >= 11 is 0. The maximum Gasteiger partial charge on any atom is 0.0748 e. The molecule has 0 aliphatic carbocycles. The van der Waals surface area contributed by atoms with Crippen LogP contribution >= 0.6 is 0 Å². The van der Waals surface area contributed by atoms with Crippen molar-refractivity contribution in [3.8, 4) is 0 Å². The molecule has 0 radical (unpaired) electrons. The number of rotatable bonds is 2. The van der Waals surface area contributed by atoms with Crippen LogP contribution in [-0.2, 0) is 11.8 Å². The molecule has 1 aromatic rings. The lowest BCUT2D eigenvalue weighted by molar-refractivity contribution is 0.121. The van der Waals surface area contributed by atoms with Crippen LogP contribution in [0.15, 0.2) is 12.4 Å². The standard InChI is InChI=1S/C9H15N3O/c1-7-9(3-4-13-7)11-8-5-10-12(2)6-8/h5-7,9,11H,3-4H2,1-2H3. The van der Waals surface area contributed by atoms with E-state index in [1.54, 1.807) is 4.68 Å². The average molecular weight is 181 g/mol. The van der Waals surface area contributed by atoms with Crippen LogP contribution in [-0.4, -0.2) is 28.5 Å². The summed E-state index contributed by atoms with van der Waals surface area (Å²) in [4.78, 5) is 0. The molecule has 72 valence electrons. The maximum absolute atomic E-state index is 5.45. The number of aromatic nitrogens is 2. The molecule has 0 bridgehead atoms. The van der Waals surface area contributed by atoms with Gasteiger partial charge in [-0.1, -0.05) is 0 Å². The molecule has 1 aliphatic heterocycles. The van der Waals surface area contributed by atoms with Crippen LogP contribution in [0.2, 0.25) is 0 Å².